The van der Waals surface area contributed by atoms with Gasteiger partial charge in [-0.15, -0.1) is 24.0 Å². The lowest BCUT2D eigenvalue weighted by Gasteiger charge is -2.38. The highest BCUT2D eigenvalue weighted by atomic mass is 127. The first-order valence-electron chi connectivity index (χ1n) is 10.3. The number of para-hydroxylation sites is 1. The second kappa shape index (κ2) is 10.2. The lowest BCUT2D eigenvalue weighted by molar-refractivity contribution is 0.0694. The molecule has 0 aliphatic carbocycles. The van der Waals surface area contributed by atoms with Crippen molar-refractivity contribution in [2.45, 2.75) is 45.0 Å². The maximum atomic E-state index is 6.14. The smallest absolute Gasteiger partial charge is 0.191 e. The van der Waals surface area contributed by atoms with Gasteiger partial charge in [-0.1, -0.05) is 42.5 Å². The van der Waals surface area contributed by atoms with E-state index in [1.54, 1.807) is 13.2 Å². The van der Waals surface area contributed by atoms with E-state index in [-0.39, 0.29) is 35.6 Å². The third-order valence-electron chi connectivity index (χ3n) is 5.27. The molecule has 1 unspecified atom stereocenters. The molecule has 2 heterocycles. The number of hydrogen-bond acceptors (Lipinski definition) is 3. The lowest BCUT2D eigenvalue weighted by Crippen LogP contribution is -2.45. The van der Waals surface area contributed by atoms with Gasteiger partial charge < -0.3 is 15.4 Å². The van der Waals surface area contributed by atoms with E-state index in [1.807, 2.05) is 29.1 Å². The normalized spacial score (nSPS) is 17.1. The Kier molecular flexibility index (Phi) is 7.59. The minimum atomic E-state index is -0.230. The van der Waals surface area contributed by atoms with Crippen LogP contribution in [-0.2, 0) is 13.1 Å². The Bertz CT molecular complexity index is 1020. The van der Waals surface area contributed by atoms with Gasteiger partial charge in [0, 0.05) is 38.0 Å². The van der Waals surface area contributed by atoms with Gasteiger partial charge in [-0.05, 0) is 37.1 Å². The van der Waals surface area contributed by atoms with Crippen LogP contribution >= 0.6 is 24.0 Å². The standard InChI is InChI=1S/C24H29N5O.HI/c1-24(2)15-21(20-10-4-5-11-22(20)30-24)28-23(25-3)26-16-18-8-6-9-19(14-18)17-29-13-7-12-27-29;/h4-14,21H,15-17H2,1-3H3,(H2,25,26,28);1H. The number of halogens is 1. The van der Waals surface area contributed by atoms with E-state index in [2.05, 4.69) is 71.0 Å². The van der Waals surface area contributed by atoms with Crippen LogP contribution in [0.1, 0.15) is 43.0 Å². The zero-order valence-electron chi connectivity index (χ0n) is 18.2. The highest BCUT2D eigenvalue weighted by Gasteiger charge is 2.33. The fourth-order valence-corrected chi connectivity index (χ4v) is 3.90. The van der Waals surface area contributed by atoms with E-state index in [0.717, 1.165) is 24.7 Å². The van der Waals surface area contributed by atoms with Crippen molar-refractivity contribution >= 4 is 29.9 Å². The summed E-state index contributed by atoms with van der Waals surface area (Å²) in [5, 5.41) is 11.3. The van der Waals surface area contributed by atoms with Crippen LogP contribution in [0.2, 0.25) is 0 Å². The van der Waals surface area contributed by atoms with E-state index in [9.17, 15) is 0 Å². The molecule has 6 nitrogen and oxygen atoms in total. The summed E-state index contributed by atoms with van der Waals surface area (Å²) in [7, 11) is 1.81. The molecule has 7 heteroatoms. The van der Waals surface area contributed by atoms with Crippen LogP contribution in [0.3, 0.4) is 0 Å². The summed E-state index contributed by atoms with van der Waals surface area (Å²) in [6.07, 6.45) is 4.64. The molecule has 164 valence electrons. The number of nitrogens with zero attached hydrogens (tertiary/aromatic N) is 3. The molecule has 3 aromatic rings. The first-order chi connectivity index (χ1) is 14.5. The minimum Gasteiger partial charge on any atom is -0.487 e. The number of benzene rings is 2. The maximum Gasteiger partial charge on any atom is 0.191 e. The monoisotopic (exact) mass is 531 g/mol. The second-order valence-corrected chi connectivity index (χ2v) is 8.25. The molecule has 0 fully saturated rings. The van der Waals surface area contributed by atoms with Crippen LogP contribution in [0.15, 0.2) is 72.0 Å². The first-order valence-corrected chi connectivity index (χ1v) is 10.3. The summed E-state index contributed by atoms with van der Waals surface area (Å²) in [6.45, 7) is 5.71. The van der Waals surface area contributed by atoms with Crippen molar-refractivity contribution in [3.05, 3.63) is 83.7 Å². The molecule has 0 radical (unpaired) electrons. The molecule has 4 rings (SSSR count). The quantitative estimate of drug-likeness (QED) is 0.289. The van der Waals surface area contributed by atoms with E-state index in [0.29, 0.717) is 6.54 Å². The fourth-order valence-electron chi connectivity index (χ4n) is 3.90. The number of aliphatic imine (C=N–C) groups is 1. The van der Waals surface area contributed by atoms with Gasteiger partial charge in [-0.2, -0.15) is 5.10 Å². The van der Waals surface area contributed by atoms with Gasteiger partial charge in [0.05, 0.1) is 12.6 Å². The van der Waals surface area contributed by atoms with Crippen LogP contribution < -0.4 is 15.4 Å². The molecule has 1 aliphatic rings. The van der Waals surface area contributed by atoms with E-state index in [4.69, 9.17) is 4.74 Å². The van der Waals surface area contributed by atoms with Crippen molar-refractivity contribution in [1.82, 2.24) is 20.4 Å². The molecule has 0 spiro atoms. The summed E-state index contributed by atoms with van der Waals surface area (Å²) < 4.78 is 8.07. The predicted molar refractivity (Wildman–Crippen MR) is 135 cm³/mol. The van der Waals surface area contributed by atoms with Crippen LogP contribution in [0, 0.1) is 0 Å². The molecule has 0 bridgehead atoms. The third kappa shape index (κ3) is 6.00. The van der Waals surface area contributed by atoms with Crippen molar-refractivity contribution < 1.29 is 4.74 Å². The molecule has 0 saturated carbocycles. The fraction of sp³-hybridized carbons (Fsp3) is 0.333. The van der Waals surface area contributed by atoms with E-state index < -0.39 is 0 Å². The summed E-state index contributed by atoms with van der Waals surface area (Å²) in [4.78, 5) is 4.44. The largest absolute Gasteiger partial charge is 0.487 e. The Morgan fingerprint density at radius 1 is 1.16 bits per heavy atom. The average molecular weight is 531 g/mol. The van der Waals surface area contributed by atoms with Gasteiger partial charge in [0.1, 0.15) is 11.4 Å². The first kappa shape index (κ1) is 23.1. The molecular weight excluding hydrogens is 501 g/mol. The Labute approximate surface area is 201 Å². The van der Waals surface area contributed by atoms with Crippen molar-refractivity contribution in [3.8, 4) is 5.75 Å². The molecule has 31 heavy (non-hydrogen) atoms. The van der Waals surface area contributed by atoms with Crippen molar-refractivity contribution in [2.75, 3.05) is 7.05 Å². The molecular formula is C24H30IN5O. The Hall–Kier alpha value is -2.55. The number of guanidine groups is 1. The van der Waals surface area contributed by atoms with Crippen LogP contribution in [0.4, 0.5) is 0 Å². The third-order valence-corrected chi connectivity index (χ3v) is 5.27. The average Bonchev–Trinajstić information content (AvgIpc) is 3.23. The number of hydrogen-bond donors (Lipinski definition) is 2. The van der Waals surface area contributed by atoms with Gasteiger partial charge in [0.2, 0.25) is 0 Å². The maximum absolute atomic E-state index is 6.14. The number of ether oxygens (including phenoxy) is 1. The van der Waals surface area contributed by atoms with Gasteiger partial charge in [0.25, 0.3) is 0 Å². The van der Waals surface area contributed by atoms with Crippen molar-refractivity contribution in [2.24, 2.45) is 4.99 Å². The summed E-state index contributed by atoms with van der Waals surface area (Å²) in [5.74, 6) is 1.72. The second-order valence-electron chi connectivity index (χ2n) is 8.25. The van der Waals surface area contributed by atoms with Gasteiger partial charge >= 0.3 is 0 Å². The van der Waals surface area contributed by atoms with E-state index >= 15 is 0 Å². The molecule has 1 aromatic heterocycles. The zero-order valence-corrected chi connectivity index (χ0v) is 20.5. The topological polar surface area (TPSA) is 63.5 Å². The van der Waals surface area contributed by atoms with Gasteiger partial charge in [-0.3, -0.25) is 9.67 Å². The molecule has 1 atom stereocenters. The summed E-state index contributed by atoms with van der Waals surface area (Å²) >= 11 is 0. The number of nitrogens with one attached hydrogen (secondary N) is 2. The predicted octanol–water partition coefficient (Wildman–Crippen LogP) is 4.52. The van der Waals surface area contributed by atoms with Crippen LogP contribution in [0.5, 0.6) is 5.75 Å². The molecule has 0 saturated heterocycles. The van der Waals surface area contributed by atoms with E-state index in [1.165, 1.54) is 16.7 Å². The lowest BCUT2D eigenvalue weighted by atomic mass is 9.90. The molecule has 0 amide bonds. The van der Waals surface area contributed by atoms with Crippen molar-refractivity contribution in [3.63, 3.8) is 0 Å². The Balaban J connectivity index is 0.00000272. The molecule has 2 N–H and O–H groups in total. The SMILES string of the molecule is CN=C(NCc1cccc(Cn2cccn2)c1)NC1CC(C)(C)Oc2ccccc21.I. The van der Waals surface area contributed by atoms with Gasteiger partial charge in [0.15, 0.2) is 5.96 Å². The summed E-state index contributed by atoms with van der Waals surface area (Å²) in [6, 6.07) is 18.8. The molecule has 2 aromatic carbocycles. The number of rotatable bonds is 5. The number of fused-ring (bicyclic) bond motifs is 1. The Morgan fingerprint density at radius 3 is 2.74 bits per heavy atom. The van der Waals surface area contributed by atoms with Crippen LogP contribution in [-0.4, -0.2) is 28.4 Å². The summed E-state index contributed by atoms with van der Waals surface area (Å²) in [5.41, 5.74) is 3.36. The minimum absolute atomic E-state index is 0. The highest BCUT2D eigenvalue weighted by Crippen LogP contribution is 2.39. The number of aromatic nitrogens is 2. The molecule has 1 aliphatic heterocycles. The Morgan fingerprint density at radius 2 is 1.97 bits per heavy atom. The van der Waals surface area contributed by atoms with Crippen LogP contribution in [0.25, 0.3) is 0 Å². The van der Waals surface area contributed by atoms with Crippen molar-refractivity contribution in [1.29, 1.82) is 0 Å². The highest BCUT2D eigenvalue weighted by molar-refractivity contribution is 14.0. The zero-order chi connectivity index (χ0) is 21.0. The van der Waals surface area contributed by atoms with Gasteiger partial charge in [-0.25, -0.2) is 0 Å².